The predicted molar refractivity (Wildman–Crippen MR) is 78.6 cm³/mol. The first kappa shape index (κ1) is 14.3. The molecule has 0 aromatic carbocycles. The summed E-state index contributed by atoms with van der Waals surface area (Å²) in [4.78, 5) is 2.81. The molecule has 0 amide bonds. The van der Waals surface area contributed by atoms with E-state index in [1.807, 2.05) is 0 Å². The van der Waals surface area contributed by atoms with Crippen LogP contribution in [0, 0.1) is 11.8 Å². The molecule has 2 N–H and O–H groups in total. The highest BCUT2D eigenvalue weighted by molar-refractivity contribution is 4.89. The number of hydrogen-bond acceptors (Lipinski definition) is 2. The van der Waals surface area contributed by atoms with E-state index in [0.717, 1.165) is 24.4 Å². The van der Waals surface area contributed by atoms with Crippen LogP contribution in [0.4, 0.5) is 0 Å². The molecule has 2 saturated carbocycles. The van der Waals surface area contributed by atoms with Crippen LogP contribution < -0.4 is 5.73 Å². The summed E-state index contributed by atoms with van der Waals surface area (Å²) in [7, 11) is 0. The third-order valence-corrected chi connectivity index (χ3v) is 4.98. The Bertz CT molecular complexity index is 227. The van der Waals surface area contributed by atoms with Crippen LogP contribution in [-0.2, 0) is 0 Å². The third kappa shape index (κ3) is 3.48. The molecule has 0 spiro atoms. The summed E-state index contributed by atoms with van der Waals surface area (Å²) in [5, 5.41) is 0. The average Bonchev–Trinajstić information content (AvgIpc) is 3.01. The Kier molecular flexibility index (Phi) is 5.50. The van der Waals surface area contributed by atoms with Gasteiger partial charge in [-0.15, -0.1) is 0 Å². The van der Waals surface area contributed by atoms with Gasteiger partial charge in [-0.2, -0.15) is 0 Å². The molecule has 1 atom stereocenters. The maximum absolute atomic E-state index is 6.16. The lowest BCUT2D eigenvalue weighted by atomic mass is 9.93. The Balaban J connectivity index is 2.03. The Hall–Kier alpha value is -0.0800. The monoisotopic (exact) mass is 252 g/mol. The molecule has 2 fully saturated rings. The summed E-state index contributed by atoms with van der Waals surface area (Å²) in [5.41, 5.74) is 6.16. The lowest BCUT2D eigenvalue weighted by molar-refractivity contribution is 0.0847. The van der Waals surface area contributed by atoms with E-state index in [9.17, 15) is 0 Å². The van der Waals surface area contributed by atoms with Crippen molar-refractivity contribution in [1.29, 1.82) is 0 Å². The molecule has 2 aliphatic carbocycles. The molecular weight excluding hydrogens is 220 g/mol. The van der Waals surface area contributed by atoms with Crippen molar-refractivity contribution in [3.63, 3.8) is 0 Å². The van der Waals surface area contributed by atoms with Crippen LogP contribution in [0.25, 0.3) is 0 Å². The summed E-state index contributed by atoms with van der Waals surface area (Å²) in [6.07, 6.45) is 11.4. The fourth-order valence-corrected chi connectivity index (χ4v) is 4.15. The number of nitrogens with two attached hydrogens (primary N) is 1. The maximum atomic E-state index is 6.16. The normalized spacial score (nSPS) is 24.5. The summed E-state index contributed by atoms with van der Waals surface area (Å²) < 4.78 is 0. The quantitative estimate of drug-likeness (QED) is 0.785. The third-order valence-electron chi connectivity index (χ3n) is 4.98. The van der Waals surface area contributed by atoms with Crippen molar-refractivity contribution in [2.45, 2.75) is 77.3 Å². The zero-order valence-corrected chi connectivity index (χ0v) is 12.4. The van der Waals surface area contributed by atoms with Crippen LogP contribution in [0.5, 0.6) is 0 Å². The standard InChI is InChI=1S/C16H32N2/c1-13(2)12-18(15-9-5-6-10-15)16(11-17)14-7-3-4-8-14/h13-16H,3-12,17H2,1-2H3. The molecule has 0 aromatic heterocycles. The zero-order valence-electron chi connectivity index (χ0n) is 12.4. The largest absolute Gasteiger partial charge is 0.329 e. The minimum atomic E-state index is 0.665. The Morgan fingerprint density at radius 3 is 2.06 bits per heavy atom. The summed E-state index contributed by atoms with van der Waals surface area (Å²) in [6.45, 7) is 6.82. The number of nitrogens with zero attached hydrogens (tertiary/aromatic N) is 1. The molecular formula is C16H32N2. The maximum Gasteiger partial charge on any atom is 0.0249 e. The van der Waals surface area contributed by atoms with E-state index in [4.69, 9.17) is 5.73 Å². The van der Waals surface area contributed by atoms with E-state index >= 15 is 0 Å². The zero-order chi connectivity index (χ0) is 13.0. The Morgan fingerprint density at radius 1 is 1.00 bits per heavy atom. The van der Waals surface area contributed by atoms with Gasteiger partial charge in [0.15, 0.2) is 0 Å². The second-order valence-corrected chi connectivity index (χ2v) is 6.88. The minimum Gasteiger partial charge on any atom is -0.329 e. The molecule has 18 heavy (non-hydrogen) atoms. The molecule has 2 nitrogen and oxygen atoms in total. The molecule has 106 valence electrons. The van der Waals surface area contributed by atoms with Gasteiger partial charge in [-0.3, -0.25) is 4.90 Å². The van der Waals surface area contributed by atoms with Crippen LogP contribution in [0.2, 0.25) is 0 Å². The van der Waals surface area contributed by atoms with Crippen molar-refractivity contribution in [3.05, 3.63) is 0 Å². The molecule has 0 bridgehead atoms. The first-order valence-corrected chi connectivity index (χ1v) is 8.18. The number of hydrogen-bond donors (Lipinski definition) is 1. The highest BCUT2D eigenvalue weighted by Gasteiger charge is 2.34. The van der Waals surface area contributed by atoms with Crippen molar-refractivity contribution in [2.24, 2.45) is 17.6 Å². The van der Waals surface area contributed by atoms with Crippen LogP contribution in [-0.4, -0.2) is 30.1 Å². The number of rotatable bonds is 6. The van der Waals surface area contributed by atoms with Gasteiger partial charge in [-0.1, -0.05) is 39.5 Å². The summed E-state index contributed by atoms with van der Waals surface area (Å²) in [6, 6.07) is 1.50. The van der Waals surface area contributed by atoms with Gasteiger partial charge in [0, 0.05) is 25.2 Å². The van der Waals surface area contributed by atoms with E-state index in [2.05, 4.69) is 18.7 Å². The van der Waals surface area contributed by atoms with E-state index in [-0.39, 0.29) is 0 Å². The molecule has 0 saturated heterocycles. The molecule has 0 radical (unpaired) electrons. The van der Waals surface area contributed by atoms with Crippen molar-refractivity contribution < 1.29 is 0 Å². The van der Waals surface area contributed by atoms with E-state index in [0.29, 0.717) is 6.04 Å². The van der Waals surface area contributed by atoms with Crippen LogP contribution in [0.15, 0.2) is 0 Å². The first-order valence-electron chi connectivity index (χ1n) is 8.18. The fraction of sp³-hybridized carbons (Fsp3) is 1.00. The van der Waals surface area contributed by atoms with Gasteiger partial charge in [-0.05, 0) is 37.5 Å². The smallest absolute Gasteiger partial charge is 0.0249 e. The lowest BCUT2D eigenvalue weighted by Crippen LogP contribution is -2.50. The van der Waals surface area contributed by atoms with Gasteiger partial charge in [0.2, 0.25) is 0 Å². The second kappa shape index (κ2) is 6.91. The van der Waals surface area contributed by atoms with Crippen LogP contribution >= 0.6 is 0 Å². The minimum absolute atomic E-state index is 0.665. The molecule has 0 aliphatic heterocycles. The van der Waals surface area contributed by atoms with E-state index in [1.165, 1.54) is 57.9 Å². The van der Waals surface area contributed by atoms with E-state index < -0.39 is 0 Å². The highest BCUT2D eigenvalue weighted by Crippen LogP contribution is 2.34. The van der Waals surface area contributed by atoms with Crippen LogP contribution in [0.1, 0.15) is 65.2 Å². The molecule has 2 heteroatoms. The van der Waals surface area contributed by atoms with Gasteiger partial charge in [0.05, 0.1) is 0 Å². The second-order valence-electron chi connectivity index (χ2n) is 6.88. The highest BCUT2D eigenvalue weighted by atomic mass is 15.2. The lowest BCUT2D eigenvalue weighted by Gasteiger charge is -2.40. The van der Waals surface area contributed by atoms with Crippen molar-refractivity contribution in [1.82, 2.24) is 4.90 Å². The Morgan fingerprint density at radius 2 is 1.56 bits per heavy atom. The summed E-state index contributed by atoms with van der Waals surface area (Å²) in [5.74, 6) is 1.65. The fourth-order valence-electron chi connectivity index (χ4n) is 4.15. The molecule has 0 heterocycles. The van der Waals surface area contributed by atoms with Gasteiger partial charge in [0.1, 0.15) is 0 Å². The van der Waals surface area contributed by atoms with E-state index in [1.54, 1.807) is 0 Å². The molecule has 2 rings (SSSR count). The topological polar surface area (TPSA) is 29.3 Å². The predicted octanol–water partition coefficient (Wildman–Crippen LogP) is 3.40. The van der Waals surface area contributed by atoms with Crippen molar-refractivity contribution in [3.8, 4) is 0 Å². The van der Waals surface area contributed by atoms with Crippen molar-refractivity contribution in [2.75, 3.05) is 13.1 Å². The van der Waals surface area contributed by atoms with Gasteiger partial charge >= 0.3 is 0 Å². The van der Waals surface area contributed by atoms with Gasteiger partial charge in [-0.25, -0.2) is 0 Å². The van der Waals surface area contributed by atoms with Gasteiger partial charge < -0.3 is 5.73 Å². The van der Waals surface area contributed by atoms with Gasteiger partial charge in [0.25, 0.3) is 0 Å². The average molecular weight is 252 g/mol. The summed E-state index contributed by atoms with van der Waals surface area (Å²) >= 11 is 0. The molecule has 0 aromatic rings. The SMILES string of the molecule is CC(C)CN(C1CCCC1)C(CN)C1CCCC1. The first-order chi connectivity index (χ1) is 8.72. The molecule has 2 aliphatic rings. The Labute approximate surface area is 113 Å². The van der Waals surface area contributed by atoms with Crippen LogP contribution in [0.3, 0.4) is 0 Å². The molecule has 1 unspecified atom stereocenters. The van der Waals surface area contributed by atoms with Crippen molar-refractivity contribution >= 4 is 0 Å².